The van der Waals surface area contributed by atoms with Crippen LogP contribution in [0.1, 0.15) is 45.1 Å². The van der Waals surface area contributed by atoms with Gasteiger partial charge in [-0.15, -0.1) is 0 Å². The highest BCUT2D eigenvalue weighted by atomic mass is 16.8. The van der Waals surface area contributed by atoms with E-state index in [0.29, 0.717) is 16.5 Å². The Morgan fingerprint density at radius 1 is 0.821 bits per heavy atom. The molecule has 0 aliphatic carbocycles. The molecule has 298 valence electrons. The lowest BCUT2D eigenvalue weighted by Gasteiger charge is -2.50. The van der Waals surface area contributed by atoms with Gasteiger partial charge in [-0.1, -0.05) is 35.4 Å². The van der Waals surface area contributed by atoms with Crippen molar-refractivity contribution < 1.29 is 71.0 Å². The zero-order valence-corrected chi connectivity index (χ0v) is 30.8. The fourth-order valence-corrected chi connectivity index (χ4v) is 6.74. The Morgan fingerprint density at radius 2 is 1.52 bits per heavy atom. The summed E-state index contributed by atoms with van der Waals surface area (Å²) in [6.07, 6.45) is -13.4. The van der Waals surface area contributed by atoms with Gasteiger partial charge in [0.1, 0.15) is 48.4 Å². The fraction of sp³-hybridized carbons (Fsp3) is 0.486. The second-order valence-corrected chi connectivity index (χ2v) is 13.1. The van der Waals surface area contributed by atoms with E-state index >= 15 is 0 Å². The van der Waals surface area contributed by atoms with Crippen molar-refractivity contribution in [3.8, 4) is 5.75 Å². The highest BCUT2D eigenvalue weighted by Gasteiger charge is 2.57. The normalized spacial score (nSPS) is 29.8. The fourth-order valence-electron chi connectivity index (χ4n) is 6.74. The number of hydrogen-bond donors (Lipinski definition) is 0. The van der Waals surface area contributed by atoms with E-state index in [2.05, 4.69) is 10.0 Å². The molecule has 0 radical (unpaired) electrons. The third-order valence-electron chi connectivity index (χ3n) is 8.98. The monoisotopic (exact) mass is 781 g/mol. The summed E-state index contributed by atoms with van der Waals surface area (Å²) in [6.45, 7) is 5.58. The Labute approximate surface area is 318 Å². The molecule has 3 aliphatic heterocycles. The molecule has 11 atom stereocenters. The molecule has 7 unspecified atom stereocenters. The number of nitrogens with zero attached hydrogens (tertiary/aromatic N) is 3. The zero-order valence-electron chi connectivity index (χ0n) is 30.8. The molecule has 0 bridgehead atoms. The maximum Gasteiger partial charge on any atom is 0.336 e. The van der Waals surface area contributed by atoms with Crippen LogP contribution in [0.3, 0.4) is 0 Å². The van der Waals surface area contributed by atoms with Crippen LogP contribution in [0.5, 0.6) is 5.75 Å². The predicted molar refractivity (Wildman–Crippen MR) is 186 cm³/mol. The Kier molecular flexibility index (Phi) is 12.5. The summed E-state index contributed by atoms with van der Waals surface area (Å²) in [5, 5.41) is 4.65. The van der Waals surface area contributed by atoms with Crippen LogP contribution in [0, 0.1) is 6.92 Å². The number of azide groups is 1. The lowest BCUT2D eigenvalue weighted by molar-refractivity contribution is -0.370. The van der Waals surface area contributed by atoms with E-state index in [1.165, 1.54) is 12.1 Å². The summed E-state index contributed by atoms with van der Waals surface area (Å²) in [5.74, 6) is -3.06. The number of hydrogen-bond acceptors (Lipinski definition) is 17. The molecule has 0 N–H and O–H groups in total. The largest absolute Gasteiger partial charge is 0.464 e. The van der Waals surface area contributed by atoms with Gasteiger partial charge in [-0.2, -0.15) is 0 Å². The van der Waals surface area contributed by atoms with Gasteiger partial charge in [0.05, 0.1) is 6.61 Å². The first-order valence-corrected chi connectivity index (χ1v) is 17.5. The van der Waals surface area contributed by atoms with Crippen LogP contribution < -0.4 is 10.4 Å². The molecule has 4 heterocycles. The van der Waals surface area contributed by atoms with Gasteiger partial charge >= 0.3 is 29.5 Å². The van der Waals surface area contributed by atoms with Crippen molar-refractivity contribution in [1.82, 2.24) is 0 Å². The first-order valence-electron chi connectivity index (χ1n) is 17.5. The Hall–Kier alpha value is -5.56. The maximum atomic E-state index is 12.6. The van der Waals surface area contributed by atoms with Gasteiger partial charge in [0.25, 0.3) is 0 Å². The zero-order chi connectivity index (χ0) is 40.1. The summed E-state index contributed by atoms with van der Waals surface area (Å²) < 4.78 is 65.1. The summed E-state index contributed by atoms with van der Waals surface area (Å²) in [7, 11) is 0. The van der Waals surface area contributed by atoms with Crippen LogP contribution in [0.15, 0.2) is 68.9 Å². The molecule has 19 nitrogen and oxygen atoms in total. The average Bonchev–Trinajstić information content (AvgIpc) is 3.14. The summed E-state index contributed by atoms with van der Waals surface area (Å²) >= 11 is 0. The number of benzene rings is 2. The van der Waals surface area contributed by atoms with E-state index in [1.54, 1.807) is 43.3 Å². The quantitative estimate of drug-likeness (QED) is 0.0676. The van der Waals surface area contributed by atoms with Crippen LogP contribution in [-0.4, -0.2) is 98.4 Å². The Balaban J connectivity index is 1.41. The highest BCUT2D eigenvalue weighted by molar-refractivity contribution is 5.81. The van der Waals surface area contributed by atoms with Gasteiger partial charge in [0.2, 0.25) is 6.29 Å². The van der Waals surface area contributed by atoms with Crippen molar-refractivity contribution in [3.05, 3.63) is 86.6 Å². The summed E-state index contributed by atoms with van der Waals surface area (Å²) in [4.78, 5) is 64.4. The molecule has 2 aromatic carbocycles. The molecule has 3 saturated heterocycles. The summed E-state index contributed by atoms with van der Waals surface area (Å²) in [5.41, 5.74) is 10.8. The number of carbonyl (C=O) groups is 4. The molecular formula is C37H39N3O16. The van der Waals surface area contributed by atoms with Crippen molar-refractivity contribution in [2.45, 2.75) is 102 Å². The van der Waals surface area contributed by atoms with E-state index in [9.17, 15) is 29.5 Å². The third-order valence-corrected chi connectivity index (χ3v) is 8.98. The number of carbonyl (C=O) groups excluding carboxylic acids is 4. The van der Waals surface area contributed by atoms with Crippen LogP contribution in [0.25, 0.3) is 21.4 Å². The maximum absolute atomic E-state index is 12.6. The first kappa shape index (κ1) is 40.1. The van der Waals surface area contributed by atoms with Crippen LogP contribution >= 0.6 is 0 Å². The van der Waals surface area contributed by atoms with Crippen molar-refractivity contribution in [2.75, 3.05) is 13.2 Å². The summed E-state index contributed by atoms with van der Waals surface area (Å²) in [6, 6.07) is 13.7. The third kappa shape index (κ3) is 9.27. The van der Waals surface area contributed by atoms with E-state index < -0.39 is 104 Å². The average molecular weight is 782 g/mol. The highest BCUT2D eigenvalue weighted by Crippen LogP contribution is 2.40. The minimum Gasteiger partial charge on any atom is -0.464 e. The smallest absolute Gasteiger partial charge is 0.336 e. The molecule has 1 aromatic heterocycles. The van der Waals surface area contributed by atoms with Crippen molar-refractivity contribution >= 4 is 34.8 Å². The van der Waals surface area contributed by atoms with Gasteiger partial charge < -0.3 is 51.8 Å². The van der Waals surface area contributed by atoms with Crippen LogP contribution in [0.2, 0.25) is 0 Å². The number of rotatable bonds is 11. The Bertz CT molecular complexity index is 2040. The molecule has 3 fully saturated rings. The lowest BCUT2D eigenvalue weighted by atomic mass is 9.94. The topological polar surface area (TPSA) is 240 Å². The lowest BCUT2D eigenvalue weighted by Crippen LogP contribution is -2.67. The standard InChI is InChI=1S/C37H39N3O16/c1-17-13-28(45)52-25-14-23(11-12-24(17)25)51-36-29(39-40-38)32(30-27(53-36)16-47-35(55-30)22-9-7-6-8-10-22)56-37-34(50-21(5)44)33(49-20(4)43)31(48-19(3)42)26(54-37)15-46-18(2)41/h6-14,26-27,29-37H,15-16H2,1-5H3/t26?,27?,29?,30-,31-,32?,33?,34?,35?,36-,37-/m0/s1. The number of aryl methyl sites for hydroxylation is 1. The molecule has 3 aromatic rings. The van der Waals surface area contributed by atoms with Crippen molar-refractivity contribution in [1.29, 1.82) is 0 Å². The van der Waals surface area contributed by atoms with Crippen LogP contribution in [0.4, 0.5) is 0 Å². The first-order chi connectivity index (χ1) is 26.8. The molecule has 3 aliphatic rings. The molecule has 0 spiro atoms. The predicted octanol–water partition coefficient (Wildman–Crippen LogP) is 3.47. The Morgan fingerprint density at radius 3 is 2.20 bits per heavy atom. The molecule has 19 heteroatoms. The number of fused-ring (bicyclic) bond motifs is 2. The van der Waals surface area contributed by atoms with Gasteiger partial charge in [-0.25, -0.2) is 4.79 Å². The van der Waals surface area contributed by atoms with E-state index in [4.69, 9.17) is 51.8 Å². The van der Waals surface area contributed by atoms with Gasteiger partial charge in [-0.05, 0) is 30.2 Å². The van der Waals surface area contributed by atoms with E-state index in [0.717, 1.165) is 27.7 Å². The molecule has 0 saturated carbocycles. The second-order valence-electron chi connectivity index (χ2n) is 13.1. The second kappa shape index (κ2) is 17.5. The minimum atomic E-state index is -1.68. The van der Waals surface area contributed by atoms with Gasteiger partial charge in [0.15, 0.2) is 30.9 Å². The van der Waals surface area contributed by atoms with E-state index in [1.807, 2.05) is 6.07 Å². The molecular weight excluding hydrogens is 742 g/mol. The number of ether oxygens (including phenoxy) is 10. The SMILES string of the molecule is CC(=O)OCC1O[C@@H](OC2C(N=[N+]=[N-])[C@@H](Oc3ccc4c(C)cc(=O)oc4c3)OC3COC(c4ccccc4)O[C@@H]32)C(OC(C)=O)C(OC(C)=O)[C@H]1OC(C)=O. The van der Waals surface area contributed by atoms with Crippen LogP contribution in [-0.2, 0) is 61.8 Å². The number of esters is 4. The van der Waals surface area contributed by atoms with Crippen molar-refractivity contribution in [2.24, 2.45) is 5.11 Å². The minimum absolute atomic E-state index is 0.0721. The van der Waals surface area contributed by atoms with Gasteiger partial charge in [0, 0.05) is 55.7 Å². The molecule has 56 heavy (non-hydrogen) atoms. The van der Waals surface area contributed by atoms with E-state index in [-0.39, 0.29) is 17.9 Å². The molecule has 0 amide bonds. The molecule has 6 rings (SSSR count). The van der Waals surface area contributed by atoms with Crippen molar-refractivity contribution in [3.63, 3.8) is 0 Å². The van der Waals surface area contributed by atoms with Gasteiger partial charge in [-0.3, -0.25) is 19.2 Å².